The molecule has 1 saturated heterocycles. The van der Waals surface area contributed by atoms with Crippen LogP contribution in [0, 0.1) is 17.1 Å². The lowest BCUT2D eigenvalue weighted by Crippen LogP contribution is -2.56. The van der Waals surface area contributed by atoms with E-state index < -0.39 is 35.1 Å². The summed E-state index contributed by atoms with van der Waals surface area (Å²) < 4.78 is 35.4. The number of benzene rings is 1. The first kappa shape index (κ1) is 24.0. The lowest BCUT2D eigenvalue weighted by molar-refractivity contribution is -0.0179. The number of nitriles is 1. The molecule has 3 N–H and O–H groups in total. The Kier molecular flexibility index (Phi) is 6.58. The Morgan fingerprint density at radius 2 is 2.03 bits per heavy atom. The Bertz CT molecular complexity index is 1070. The highest BCUT2D eigenvalue weighted by molar-refractivity contribution is 5.98. The van der Waals surface area contributed by atoms with Crippen molar-refractivity contribution in [3.05, 3.63) is 41.8 Å². The second kappa shape index (κ2) is 9.05. The maximum absolute atomic E-state index is 15.6. The molecular formula is C22H26F2N6O3. The number of halogens is 2. The maximum atomic E-state index is 15.6. The second-order valence-electron chi connectivity index (χ2n) is 8.91. The van der Waals surface area contributed by atoms with E-state index >= 15 is 4.39 Å². The van der Waals surface area contributed by atoms with Crippen molar-refractivity contribution in [2.45, 2.75) is 50.9 Å². The molecular weight excluding hydrogens is 434 g/mol. The molecule has 0 bridgehead atoms. The van der Waals surface area contributed by atoms with Crippen molar-refractivity contribution in [1.82, 2.24) is 14.7 Å². The van der Waals surface area contributed by atoms with E-state index in [1.807, 2.05) is 6.07 Å². The van der Waals surface area contributed by atoms with Crippen molar-refractivity contribution < 1.29 is 23.1 Å². The number of anilines is 2. The molecule has 33 heavy (non-hydrogen) atoms. The van der Waals surface area contributed by atoms with Gasteiger partial charge in [-0.3, -0.25) is 9.48 Å². The number of ether oxygens (including phenoxy) is 1. The third-order valence-electron chi connectivity index (χ3n) is 5.36. The number of carbonyl (C=O) groups excluding carboxylic acids is 2. The fourth-order valence-corrected chi connectivity index (χ4v) is 3.65. The van der Waals surface area contributed by atoms with Gasteiger partial charge in [-0.25, -0.2) is 13.6 Å². The number of alkyl halides is 1. The Hall–Kier alpha value is -3.68. The van der Waals surface area contributed by atoms with Gasteiger partial charge in [-0.2, -0.15) is 10.4 Å². The summed E-state index contributed by atoms with van der Waals surface area (Å²) in [7, 11) is 0. The first-order valence-corrected chi connectivity index (χ1v) is 10.4. The minimum Gasteiger partial charge on any atom is -0.444 e. The normalized spacial score (nSPS) is 20.7. The predicted octanol–water partition coefficient (Wildman–Crippen LogP) is 3.45. The molecule has 2 atom stereocenters. The number of piperidine rings is 1. The van der Waals surface area contributed by atoms with Gasteiger partial charge in [0.2, 0.25) is 0 Å². The zero-order chi connectivity index (χ0) is 24.4. The van der Waals surface area contributed by atoms with Gasteiger partial charge in [0.05, 0.1) is 19.0 Å². The molecule has 11 heteroatoms. The van der Waals surface area contributed by atoms with Gasteiger partial charge in [-0.15, -0.1) is 0 Å². The van der Waals surface area contributed by atoms with E-state index in [1.54, 1.807) is 20.8 Å². The van der Waals surface area contributed by atoms with Crippen LogP contribution in [-0.2, 0) is 10.3 Å². The minimum atomic E-state index is -1.67. The van der Waals surface area contributed by atoms with Crippen LogP contribution >= 0.6 is 0 Å². The molecule has 0 saturated carbocycles. The van der Waals surface area contributed by atoms with Gasteiger partial charge in [0.25, 0.3) is 5.91 Å². The number of carbonyl (C=O) groups is 2. The van der Waals surface area contributed by atoms with Gasteiger partial charge in [0, 0.05) is 18.4 Å². The molecule has 1 aliphatic heterocycles. The van der Waals surface area contributed by atoms with Gasteiger partial charge in [0.15, 0.2) is 5.82 Å². The highest BCUT2D eigenvalue weighted by Crippen LogP contribution is 2.37. The van der Waals surface area contributed by atoms with Crippen molar-refractivity contribution in [2.24, 2.45) is 5.73 Å². The predicted molar refractivity (Wildman–Crippen MR) is 116 cm³/mol. The highest BCUT2D eigenvalue weighted by Gasteiger charge is 2.48. The molecule has 1 aromatic heterocycles. The van der Waals surface area contributed by atoms with Crippen LogP contribution in [0.25, 0.3) is 0 Å². The Morgan fingerprint density at radius 1 is 1.36 bits per heavy atom. The zero-order valence-electron chi connectivity index (χ0n) is 18.6. The fourth-order valence-electron chi connectivity index (χ4n) is 3.65. The number of amides is 2. The quantitative estimate of drug-likeness (QED) is 0.704. The lowest BCUT2D eigenvalue weighted by atomic mass is 9.83. The number of nitrogens with two attached hydrogens (primary N) is 1. The van der Waals surface area contributed by atoms with E-state index in [4.69, 9.17) is 10.5 Å². The third-order valence-corrected chi connectivity index (χ3v) is 5.36. The molecule has 2 heterocycles. The van der Waals surface area contributed by atoms with Gasteiger partial charge in [-0.1, -0.05) is 0 Å². The number of hydrogen-bond acceptors (Lipinski definition) is 6. The topological polar surface area (TPSA) is 126 Å². The van der Waals surface area contributed by atoms with Gasteiger partial charge in [0.1, 0.15) is 28.7 Å². The average Bonchev–Trinajstić information content (AvgIpc) is 3.14. The number of rotatable bonds is 5. The highest BCUT2D eigenvalue weighted by atomic mass is 19.1. The summed E-state index contributed by atoms with van der Waals surface area (Å²) in [4.78, 5) is 25.7. The largest absolute Gasteiger partial charge is 0.444 e. The monoisotopic (exact) mass is 460 g/mol. The average molecular weight is 460 g/mol. The van der Waals surface area contributed by atoms with Crippen LogP contribution in [0.1, 0.15) is 44.0 Å². The first-order valence-electron chi connectivity index (χ1n) is 10.4. The molecule has 0 aliphatic carbocycles. The van der Waals surface area contributed by atoms with E-state index in [9.17, 15) is 19.2 Å². The summed E-state index contributed by atoms with van der Waals surface area (Å²) in [6.07, 6.45) is -1.20. The summed E-state index contributed by atoms with van der Waals surface area (Å²) >= 11 is 0. The summed E-state index contributed by atoms with van der Waals surface area (Å²) in [5.41, 5.74) is 3.76. The number of primary amides is 1. The summed E-state index contributed by atoms with van der Waals surface area (Å²) in [6, 6.07) is 7.33. The molecule has 1 aliphatic rings. The fraction of sp³-hybridized carbons (Fsp3) is 0.455. The first-order chi connectivity index (χ1) is 15.4. The molecule has 2 amide bonds. The lowest BCUT2D eigenvalue weighted by Gasteiger charge is -2.43. The number of nitrogens with zero attached hydrogens (tertiary/aromatic N) is 4. The van der Waals surface area contributed by atoms with Crippen LogP contribution in [0.3, 0.4) is 0 Å². The van der Waals surface area contributed by atoms with Crippen LogP contribution in [0.4, 0.5) is 25.1 Å². The van der Waals surface area contributed by atoms with Gasteiger partial charge in [-0.05, 0) is 51.5 Å². The Balaban J connectivity index is 1.91. The van der Waals surface area contributed by atoms with Crippen LogP contribution in [0.15, 0.2) is 30.5 Å². The van der Waals surface area contributed by atoms with Crippen molar-refractivity contribution in [3.63, 3.8) is 0 Å². The zero-order valence-corrected chi connectivity index (χ0v) is 18.6. The van der Waals surface area contributed by atoms with Gasteiger partial charge >= 0.3 is 6.09 Å². The third kappa shape index (κ3) is 5.22. The van der Waals surface area contributed by atoms with Gasteiger partial charge < -0.3 is 20.7 Å². The van der Waals surface area contributed by atoms with Crippen molar-refractivity contribution in [3.8, 4) is 6.07 Å². The van der Waals surface area contributed by atoms with E-state index in [1.165, 1.54) is 40.0 Å². The molecule has 176 valence electrons. The molecule has 3 rings (SSSR count). The smallest absolute Gasteiger partial charge is 0.410 e. The second-order valence-corrected chi connectivity index (χ2v) is 8.91. The van der Waals surface area contributed by atoms with Crippen molar-refractivity contribution >= 4 is 23.5 Å². The van der Waals surface area contributed by atoms with Crippen LogP contribution in [0.5, 0.6) is 0 Å². The molecule has 2 aromatic rings. The number of hydrogen-bond donors (Lipinski definition) is 2. The van der Waals surface area contributed by atoms with E-state index in [2.05, 4.69) is 10.4 Å². The van der Waals surface area contributed by atoms with E-state index in [0.29, 0.717) is 5.69 Å². The maximum Gasteiger partial charge on any atom is 0.410 e. The van der Waals surface area contributed by atoms with E-state index in [0.717, 1.165) is 0 Å². The molecule has 1 aromatic carbocycles. The Labute approximate surface area is 190 Å². The molecule has 1 fully saturated rings. The van der Waals surface area contributed by atoms with Crippen molar-refractivity contribution in [1.29, 1.82) is 5.26 Å². The number of likely N-dealkylation sites (tertiary alicyclic amines) is 1. The summed E-state index contributed by atoms with van der Waals surface area (Å²) in [6.45, 7) is 4.97. The summed E-state index contributed by atoms with van der Waals surface area (Å²) in [5.74, 6) is -1.20. The number of nitrogens with one attached hydrogen (secondary N) is 1. The molecule has 0 radical (unpaired) electrons. The van der Waals surface area contributed by atoms with E-state index in [-0.39, 0.29) is 37.3 Å². The SMILES string of the molecule is CC(C)(C)OC(=O)N1CCC(CC#N)(n2cc(C(N)=O)c(Nc3ccc(F)cc3)n2)C(F)C1. The summed E-state index contributed by atoms with van der Waals surface area (Å²) in [5, 5.41) is 16.6. The van der Waals surface area contributed by atoms with Crippen LogP contribution in [-0.4, -0.2) is 51.5 Å². The standard InChI is InChI=1S/C22H26F2N6O3/c1-21(2,3)33-20(32)29-11-9-22(8-10-25,17(24)13-29)30-12-16(18(26)31)19(28-30)27-15-6-4-14(23)5-7-15/h4-7,12,17H,8-9,11,13H2,1-3H3,(H2,26,31)(H,27,28). The number of aromatic nitrogens is 2. The molecule has 0 spiro atoms. The Morgan fingerprint density at radius 3 is 2.58 bits per heavy atom. The van der Waals surface area contributed by atoms with Crippen LogP contribution < -0.4 is 11.1 Å². The van der Waals surface area contributed by atoms with Crippen molar-refractivity contribution in [2.75, 3.05) is 18.4 Å². The molecule has 2 unspecified atom stereocenters. The minimum absolute atomic E-state index is 0.0154. The van der Waals surface area contributed by atoms with Crippen LogP contribution in [0.2, 0.25) is 0 Å². The molecule has 9 nitrogen and oxygen atoms in total.